The second-order valence-corrected chi connectivity index (χ2v) is 11.6. The number of benzene rings is 4. The maximum atomic E-state index is 5.48. The number of rotatable bonds is 0. The van der Waals surface area contributed by atoms with Gasteiger partial charge in [0.25, 0.3) is 23.3 Å². The molecule has 0 fully saturated rings. The number of hydrogen-bond acceptors (Lipinski definition) is 4. The average molecular weight is 539 g/mol. The van der Waals surface area contributed by atoms with Gasteiger partial charge in [-0.3, -0.25) is 0 Å². The van der Waals surface area contributed by atoms with Crippen LogP contribution in [0.2, 0.25) is 0 Å². The molecule has 1 atom stereocenters. The van der Waals surface area contributed by atoms with Gasteiger partial charge in [0.1, 0.15) is 0 Å². The highest BCUT2D eigenvalue weighted by Crippen LogP contribution is 2.53. The van der Waals surface area contributed by atoms with Gasteiger partial charge in [0.2, 0.25) is 22.6 Å². The van der Waals surface area contributed by atoms with Crippen LogP contribution in [0.3, 0.4) is 0 Å². The largest absolute Gasteiger partial charge is 0.404 e. The van der Waals surface area contributed by atoms with E-state index in [9.17, 15) is 0 Å². The maximum absolute atomic E-state index is 5.48. The molecule has 8 nitrogen and oxygen atoms in total. The van der Waals surface area contributed by atoms with E-state index in [0.717, 1.165) is 89.8 Å². The lowest BCUT2D eigenvalue weighted by Crippen LogP contribution is -2.71. The molecule has 8 heterocycles. The summed E-state index contributed by atoms with van der Waals surface area (Å²) < 4.78 is 9.37. The molecule has 0 N–H and O–H groups in total. The van der Waals surface area contributed by atoms with Crippen molar-refractivity contribution < 1.29 is 9.15 Å². The van der Waals surface area contributed by atoms with Crippen molar-refractivity contribution >= 4 is 56.5 Å². The summed E-state index contributed by atoms with van der Waals surface area (Å²) in [4.78, 5) is 21.8. The first-order valence-electron chi connectivity index (χ1n) is 14.2. The average Bonchev–Trinajstić information content (AvgIpc) is 3.74. The van der Waals surface area contributed by atoms with Gasteiger partial charge in [0.15, 0.2) is 0 Å². The number of nitrogens with zero attached hydrogens (tertiary/aromatic N) is 8. The summed E-state index contributed by atoms with van der Waals surface area (Å²) in [5.74, 6) is 4.49. The van der Waals surface area contributed by atoms with Crippen molar-refractivity contribution in [3.8, 4) is 0 Å². The molecule has 12 rings (SSSR count). The monoisotopic (exact) mass is 538 g/mol. The van der Waals surface area contributed by atoms with E-state index < -0.39 is 5.91 Å². The van der Waals surface area contributed by atoms with Crippen molar-refractivity contribution in [1.82, 2.24) is 9.13 Å². The Bertz CT molecular complexity index is 2650. The van der Waals surface area contributed by atoms with Gasteiger partial charge in [0, 0.05) is 16.2 Å². The van der Waals surface area contributed by atoms with E-state index in [4.69, 9.17) is 20.0 Å². The molecule has 0 bridgehead atoms. The number of fused-ring (bicyclic) bond motifs is 12. The number of aliphatic imine (C=N–C) groups is 2. The Labute approximate surface area is 237 Å². The fraction of sp³-hybridized carbons (Fsp3) is 0.0588. The molecule has 0 aliphatic carbocycles. The minimum Gasteiger partial charge on any atom is -0.192 e. The highest BCUT2D eigenvalue weighted by Gasteiger charge is 2.69. The normalized spacial score (nSPS) is 20.6. The van der Waals surface area contributed by atoms with Crippen molar-refractivity contribution in [3.05, 3.63) is 130 Å². The predicted octanol–water partition coefficient (Wildman–Crippen LogP) is 4.02. The Balaban J connectivity index is 1.45. The molecule has 192 valence electrons. The first-order valence-corrected chi connectivity index (χ1v) is 14.2. The standard InChI is InChI=1S/C34H18N8/c1-17-9-8-16-24-25(17)33-38-31-23-15-7-6-14-22(23)29-36-27-19-11-3-2-10-18(19)26-35-28-20-12-4-5-13-21(20)30-37-32(24)42(33)34(39(26)27,40(28)30)41(29)31/h2-16H,1H3/q+2/t34-/m1/s1. The van der Waals surface area contributed by atoms with Crippen LogP contribution in [0.5, 0.6) is 0 Å². The van der Waals surface area contributed by atoms with Crippen LogP contribution < -0.4 is 11.0 Å². The molecule has 0 saturated carbocycles. The Morgan fingerprint density at radius 2 is 1.05 bits per heavy atom. The molecule has 0 radical (unpaired) electrons. The third kappa shape index (κ3) is 1.79. The number of aryl methyl sites for hydroxylation is 1. The number of hydrogen-bond donors (Lipinski definition) is 0. The summed E-state index contributed by atoms with van der Waals surface area (Å²) in [5.41, 5.74) is 7.32. The summed E-state index contributed by atoms with van der Waals surface area (Å²) >= 11 is 0. The summed E-state index contributed by atoms with van der Waals surface area (Å²) in [5, 5.41) is 4.40. The van der Waals surface area contributed by atoms with Crippen molar-refractivity contribution in [2.45, 2.75) is 12.8 Å². The van der Waals surface area contributed by atoms with E-state index in [2.05, 4.69) is 116 Å². The molecule has 6 aliphatic rings. The fourth-order valence-electron chi connectivity index (χ4n) is 8.14. The zero-order valence-corrected chi connectivity index (χ0v) is 22.2. The third-order valence-corrected chi connectivity index (χ3v) is 9.71. The van der Waals surface area contributed by atoms with Crippen LogP contribution in [0.1, 0.15) is 27.8 Å². The van der Waals surface area contributed by atoms with Crippen LogP contribution in [0, 0.1) is 6.92 Å². The number of amidine groups is 4. The molecule has 6 aromatic rings. The minimum atomic E-state index is -0.930. The smallest absolute Gasteiger partial charge is 0.192 e. The zero-order chi connectivity index (χ0) is 27.1. The van der Waals surface area contributed by atoms with Gasteiger partial charge in [-0.05, 0) is 55.0 Å². The van der Waals surface area contributed by atoms with Crippen molar-refractivity contribution in [3.63, 3.8) is 0 Å². The van der Waals surface area contributed by atoms with Gasteiger partial charge in [-0.2, -0.15) is 9.13 Å². The van der Waals surface area contributed by atoms with Crippen LogP contribution in [-0.4, -0.2) is 41.6 Å². The molecule has 1 spiro atoms. The molecule has 0 unspecified atom stereocenters. The predicted molar refractivity (Wildman–Crippen MR) is 158 cm³/mol. The molecule has 8 heteroatoms. The zero-order valence-electron chi connectivity index (χ0n) is 22.2. The molecule has 4 aromatic carbocycles. The van der Waals surface area contributed by atoms with Crippen LogP contribution in [0.15, 0.2) is 111 Å². The second-order valence-electron chi connectivity index (χ2n) is 11.6. The van der Waals surface area contributed by atoms with Crippen LogP contribution >= 0.6 is 0 Å². The Hall–Kier alpha value is -5.76. The van der Waals surface area contributed by atoms with E-state index in [0.29, 0.717) is 0 Å². The molecular weight excluding hydrogens is 520 g/mol. The summed E-state index contributed by atoms with van der Waals surface area (Å²) in [6.45, 7) is 2.17. The Morgan fingerprint density at radius 3 is 1.67 bits per heavy atom. The number of aromatic nitrogens is 2. The van der Waals surface area contributed by atoms with E-state index >= 15 is 0 Å². The third-order valence-electron chi connectivity index (χ3n) is 9.71. The maximum Gasteiger partial charge on any atom is 0.404 e. The van der Waals surface area contributed by atoms with Gasteiger partial charge in [-0.15, -0.1) is 9.15 Å². The summed E-state index contributed by atoms with van der Waals surface area (Å²) in [6, 6.07) is 32.0. The lowest BCUT2D eigenvalue weighted by molar-refractivity contribution is -0.790. The van der Waals surface area contributed by atoms with Crippen molar-refractivity contribution in [1.29, 1.82) is 0 Å². The van der Waals surface area contributed by atoms with Crippen molar-refractivity contribution in [2.24, 2.45) is 20.0 Å². The second kappa shape index (κ2) is 6.11. The van der Waals surface area contributed by atoms with Crippen molar-refractivity contribution in [2.75, 3.05) is 0 Å². The SMILES string of the molecule is Cc1cccc2c3n4c(c12)N=C1c2ccccc2C2=[N+]1[C@]41n4c(c5ccccc5c4=N2)=NC2=[N+]1C(=N3)c1ccccc12. The quantitative estimate of drug-likeness (QED) is 0.263. The fourth-order valence-corrected chi connectivity index (χ4v) is 8.14. The lowest BCUT2D eigenvalue weighted by Gasteiger charge is -2.40. The molecule has 2 aromatic heterocycles. The van der Waals surface area contributed by atoms with Crippen LogP contribution in [0.25, 0.3) is 21.5 Å². The first kappa shape index (κ1) is 20.2. The Morgan fingerprint density at radius 1 is 0.524 bits per heavy atom. The molecule has 0 amide bonds. The lowest BCUT2D eigenvalue weighted by atomic mass is 10.1. The van der Waals surface area contributed by atoms with Gasteiger partial charge in [-0.25, -0.2) is 0 Å². The summed E-state index contributed by atoms with van der Waals surface area (Å²) in [7, 11) is 0. The summed E-state index contributed by atoms with van der Waals surface area (Å²) in [6.07, 6.45) is 0. The van der Waals surface area contributed by atoms with Gasteiger partial charge >= 0.3 is 5.91 Å². The first-order chi connectivity index (χ1) is 20.8. The van der Waals surface area contributed by atoms with E-state index in [1.165, 1.54) is 5.56 Å². The molecule has 6 aliphatic heterocycles. The molecular formula is C34H18N8+2. The topological polar surface area (TPSA) is 65.3 Å². The highest BCUT2D eigenvalue weighted by molar-refractivity contribution is 6.20. The van der Waals surface area contributed by atoms with E-state index in [1.54, 1.807) is 0 Å². The highest BCUT2D eigenvalue weighted by atomic mass is 15.7. The van der Waals surface area contributed by atoms with Crippen LogP contribution in [0.4, 0.5) is 11.6 Å². The van der Waals surface area contributed by atoms with E-state index in [-0.39, 0.29) is 0 Å². The minimum absolute atomic E-state index is 0.899. The molecule has 0 saturated heterocycles. The molecule has 42 heavy (non-hydrogen) atoms. The van der Waals surface area contributed by atoms with Gasteiger partial charge in [-0.1, -0.05) is 68.5 Å². The van der Waals surface area contributed by atoms with Crippen LogP contribution in [-0.2, 0) is 5.91 Å². The Kier molecular flexibility index (Phi) is 2.93. The van der Waals surface area contributed by atoms with E-state index in [1.807, 2.05) is 0 Å². The van der Waals surface area contributed by atoms with Gasteiger partial charge < -0.3 is 0 Å². The van der Waals surface area contributed by atoms with Gasteiger partial charge in [0.05, 0.1) is 27.6 Å².